The van der Waals surface area contributed by atoms with Crippen LogP contribution in [-0.2, 0) is 11.2 Å². The molecule has 6 nitrogen and oxygen atoms in total. The molecule has 116 valence electrons. The van der Waals surface area contributed by atoms with Gasteiger partial charge in [-0.1, -0.05) is 24.3 Å². The summed E-state index contributed by atoms with van der Waals surface area (Å²) in [6, 6.07) is 13.0. The molecule has 22 heavy (non-hydrogen) atoms. The molecule has 1 atom stereocenters. The molecule has 0 bridgehead atoms. The molecule has 2 aromatic rings. The van der Waals surface area contributed by atoms with Crippen molar-refractivity contribution in [3.8, 4) is 17.2 Å². The number of hydrazine groups is 1. The SMILES string of the molecule is C[C@@](Cc1ccc(O)c(O)c1)(NN)C(=O)Oc1ccccc1. The molecule has 0 radical (unpaired) electrons. The number of nitrogens with one attached hydrogen (secondary N) is 1. The normalized spacial score (nSPS) is 13.4. The van der Waals surface area contributed by atoms with E-state index in [1.54, 1.807) is 37.3 Å². The standard InChI is InChI=1S/C16H18N2O4/c1-16(18-17,10-11-7-8-13(19)14(20)9-11)15(21)22-12-5-3-2-4-6-12/h2-9,18-20H,10,17H2,1H3/t16-/m0/s1. The third-order valence-electron chi connectivity index (χ3n) is 3.32. The summed E-state index contributed by atoms with van der Waals surface area (Å²) in [5.74, 6) is 4.91. The molecule has 2 aromatic carbocycles. The summed E-state index contributed by atoms with van der Waals surface area (Å²) >= 11 is 0. The lowest BCUT2D eigenvalue weighted by molar-refractivity contribution is -0.141. The molecule has 0 aliphatic rings. The Kier molecular flexibility index (Phi) is 4.65. The van der Waals surface area contributed by atoms with Crippen molar-refractivity contribution in [3.63, 3.8) is 0 Å². The number of nitrogens with two attached hydrogens (primary N) is 1. The van der Waals surface area contributed by atoms with E-state index in [1.165, 1.54) is 12.1 Å². The van der Waals surface area contributed by atoms with E-state index in [-0.39, 0.29) is 17.9 Å². The molecular weight excluding hydrogens is 284 g/mol. The van der Waals surface area contributed by atoms with Gasteiger partial charge < -0.3 is 14.9 Å². The molecule has 0 aromatic heterocycles. The highest BCUT2D eigenvalue weighted by Crippen LogP contribution is 2.27. The number of carbonyl (C=O) groups is 1. The summed E-state index contributed by atoms with van der Waals surface area (Å²) in [5.41, 5.74) is 1.91. The number of benzene rings is 2. The highest BCUT2D eigenvalue weighted by atomic mass is 16.5. The number of hydrogen-bond donors (Lipinski definition) is 4. The van der Waals surface area contributed by atoms with Crippen molar-refractivity contribution in [2.45, 2.75) is 18.9 Å². The Morgan fingerprint density at radius 3 is 2.45 bits per heavy atom. The number of hydrogen-bond acceptors (Lipinski definition) is 6. The van der Waals surface area contributed by atoms with Crippen molar-refractivity contribution in [2.75, 3.05) is 0 Å². The summed E-state index contributed by atoms with van der Waals surface area (Å²) < 4.78 is 5.30. The van der Waals surface area contributed by atoms with Gasteiger partial charge in [-0.2, -0.15) is 0 Å². The summed E-state index contributed by atoms with van der Waals surface area (Å²) in [6.45, 7) is 1.60. The Morgan fingerprint density at radius 2 is 1.86 bits per heavy atom. The maximum Gasteiger partial charge on any atom is 0.333 e. The van der Waals surface area contributed by atoms with Gasteiger partial charge in [0.15, 0.2) is 11.5 Å². The van der Waals surface area contributed by atoms with Gasteiger partial charge in [0, 0.05) is 6.42 Å². The summed E-state index contributed by atoms with van der Waals surface area (Å²) in [5, 5.41) is 18.8. The molecule has 2 rings (SSSR count). The number of esters is 1. The Hall–Kier alpha value is -2.57. The van der Waals surface area contributed by atoms with E-state index in [9.17, 15) is 15.0 Å². The first-order chi connectivity index (χ1) is 10.4. The van der Waals surface area contributed by atoms with E-state index in [1.807, 2.05) is 6.07 Å². The van der Waals surface area contributed by atoms with Gasteiger partial charge in [-0.15, -0.1) is 0 Å². The van der Waals surface area contributed by atoms with Gasteiger partial charge in [0.1, 0.15) is 11.3 Å². The second-order valence-corrected chi connectivity index (χ2v) is 5.18. The molecule has 0 fully saturated rings. The van der Waals surface area contributed by atoms with Crippen molar-refractivity contribution >= 4 is 5.97 Å². The maximum atomic E-state index is 12.3. The van der Waals surface area contributed by atoms with Gasteiger partial charge in [-0.05, 0) is 36.8 Å². The monoisotopic (exact) mass is 302 g/mol. The molecular formula is C16H18N2O4. The van der Waals surface area contributed by atoms with Crippen LogP contribution in [0.1, 0.15) is 12.5 Å². The minimum absolute atomic E-state index is 0.184. The van der Waals surface area contributed by atoms with Gasteiger partial charge in [-0.25, -0.2) is 10.2 Å². The van der Waals surface area contributed by atoms with Crippen LogP contribution in [-0.4, -0.2) is 21.7 Å². The highest BCUT2D eigenvalue weighted by molar-refractivity contribution is 5.82. The average Bonchev–Trinajstić information content (AvgIpc) is 2.52. The van der Waals surface area contributed by atoms with Crippen molar-refractivity contribution in [2.24, 2.45) is 5.84 Å². The maximum absolute atomic E-state index is 12.3. The number of carbonyl (C=O) groups excluding carboxylic acids is 1. The van der Waals surface area contributed by atoms with Crippen LogP contribution >= 0.6 is 0 Å². The molecule has 0 aliphatic carbocycles. The molecule has 0 saturated heterocycles. The molecule has 0 saturated carbocycles. The second-order valence-electron chi connectivity index (χ2n) is 5.18. The fourth-order valence-corrected chi connectivity index (χ4v) is 1.98. The van der Waals surface area contributed by atoms with Crippen LogP contribution in [0.2, 0.25) is 0 Å². The van der Waals surface area contributed by atoms with Crippen LogP contribution in [0, 0.1) is 0 Å². The molecule has 0 spiro atoms. The first-order valence-corrected chi connectivity index (χ1v) is 6.70. The predicted molar refractivity (Wildman–Crippen MR) is 81.3 cm³/mol. The van der Waals surface area contributed by atoms with Crippen LogP contribution in [0.4, 0.5) is 0 Å². The van der Waals surface area contributed by atoms with Gasteiger partial charge in [-0.3, -0.25) is 5.84 Å². The highest BCUT2D eigenvalue weighted by Gasteiger charge is 2.34. The summed E-state index contributed by atoms with van der Waals surface area (Å²) in [7, 11) is 0. The molecule has 0 heterocycles. The zero-order valence-corrected chi connectivity index (χ0v) is 12.1. The van der Waals surface area contributed by atoms with Crippen molar-refractivity contribution in [3.05, 3.63) is 54.1 Å². The lowest BCUT2D eigenvalue weighted by Gasteiger charge is -2.26. The number of para-hydroxylation sites is 1. The van der Waals surface area contributed by atoms with E-state index in [0.29, 0.717) is 11.3 Å². The first kappa shape index (κ1) is 15.8. The first-order valence-electron chi connectivity index (χ1n) is 6.70. The Balaban J connectivity index is 2.16. The largest absolute Gasteiger partial charge is 0.504 e. The zero-order valence-electron chi connectivity index (χ0n) is 12.1. The second kappa shape index (κ2) is 6.46. The van der Waals surface area contributed by atoms with Crippen LogP contribution in [0.5, 0.6) is 17.2 Å². The minimum atomic E-state index is -1.18. The minimum Gasteiger partial charge on any atom is -0.504 e. The zero-order chi connectivity index (χ0) is 16.2. The summed E-state index contributed by atoms with van der Waals surface area (Å²) in [6.07, 6.45) is 0.184. The lowest BCUT2D eigenvalue weighted by atomic mass is 9.93. The fourth-order valence-electron chi connectivity index (χ4n) is 1.98. The van der Waals surface area contributed by atoms with E-state index >= 15 is 0 Å². The van der Waals surface area contributed by atoms with Gasteiger partial charge in [0.25, 0.3) is 0 Å². The number of phenols is 2. The Morgan fingerprint density at radius 1 is 1.18 bits per heavy atom. The third kappa shape index (κ3) is 3.55. The van der Waals surface area contributed by atoms with Gasteiger partial charge >= 0.3 is 5.97 Å². The van der Waals surface area contributed by atoms with E-state index in [4.69, 9.17) is 10.6 Å². The van der Waals surface area contributed by atoms with E-state index in [0.717, 1.165) is 0 Å². The van der Waals surface area contributed by atoms with Crippen LogP contribution in [0.25, 0.3) is 0 Å². The lowest BCUT2D eigenvalue weighted by Crippen LogP contribution is -2.56. The number of rotatable bonds is 5. The molecule has 5 N–H and O–H groups in total. The summed E-state index contributed by atoms with van der Waals surface area (Å²) in [4.78, 5) is 12.3. The molecule has 0 aliphatic heterocycles. The smallest absolute Gasteiger partial charge is 0.333 e. The van der Waals surface area contributed by atoms with Crippen LogP contribution in [0.3, 0.4) is 0 Å². The van der Waals surface area contributed by atoms with E-state index < -0.39 is 11.5 Å². The Labute approximate surface area is 128 Å². The molecule has 0 unspecified atom stereocenters. The average molecular weight is 302 g/mol. The number of ether oxygens (including phenoxy) is 1. The third-order valence-corrected chi connectivity index (χ3v) is 3.32. The fraction of sp³-hybridized carbons (Fsp3) is 0.188. The Bertz CT molecular complexity index is 660. The molecule has 6 heteroatoms. The molecule has 0 amide bonds. The van der Waals surface area contributed by atoms with Crippen molar-refractivity contribution in [1.82, 2.24) is 5.43 Å². The van der Waals surface area contributed by atoms with Gasteiger partial charge in [0.2, 0.25) is 0 Å². The van der Waals surface area contributed by atoms with Gasteiger partial charge in [0.05, 0.1) is 0 Å². The quantitative estimate of drug-likeness (QED) is 0.219. The van der Waals surface area contributed by atoms with E-state index in [2.05, 4.69) is 5.43 Å². The number of aromatic hydroxyl groups is 2. The van der Waals surface area contributed by atoms with Crippen molar-refractivity contribution < 1.29 is 19.7 Å². The van der Waals surface area contributed by atoms with Crippen LogP contribution in [0.15, 0.2) is 48.5 Å². The van der Waals surface area contributed by atoms with Crippen LogP contribution < -0.4 is 16.0 Å². The number of phenolic OH excluding ortho intramolecular Hbond substituents is 2. The van der Waals surface area contributed by atoms with Crippen molar-refractivity contribution in [1.29, 1.82) is 0 Å². The topological polar surface area (TPSA) is 105 Å². The predicted octanol–water partition coefficient (Wildman–Crippen LogP) is 1.47.